The quantitative estimate of drug-likeness (QED) is 0.283. The fourth-order valence-electron chi connectivity index (χ4n) is 2.72. The number of aromatic nitrogens is 3. The van der Waals surface area contributed by atoms with Gasteiger partial charge in [0.25, 0.3) is 0 Å². The van der Waals surface area contributed by atoms with E-state index in [-0.39, 0.29) is 5.97 Å². The van der Waals surface area contributed by atoms with E-state index in [2.05, 4.69) is 25.1 Å². The van der Waals surface area contributed by atoms with E-state index in [4.69, 9.17) is 9.47 Å². The van der Waals surface area contributed by atoms with Gasteiger partial charge in [0.05, 0.1) is 12.3 Å². The number of benzene rings is 1. The highest BCUT2D eigenvalue weighted by Gasteiger charge is 2.13. The van der Waals surface area contributed by atoms with Crippen LogP contribution in [0.5, 0.6) is 11.5 Å². The van der Waals surface area contributed by atoms with Crippen molar-refractivity contribution in [1.29, 1.82) is 0 Å². The van der Waals surface area contributed by atoms with E-state index in [1.807, 2.05) is 29.9 Å². The monoisotopic (exact) mass is 357 g/mol. The van der Waals surface area contributed by atoms with Crippen LogP contribution in [0.4, 0.5) is 0 Å². The molecule has 140 valence electrons. The number of unbranched alkanes of at least 4 members (excludes halogenated alkanes) is 1. The zero-order valence-electron chi connectivity index (χ0n) is 16.2. The summed E-state index contributed by atoms with van der Waals surface area (Å²) < 4.78 is 13.2. The van der Waals surface area contributed by atoms with Gasteiger partial charge in [-0.2, -0.15) is 0 Å². The molecular formula is C19H28BN3O3. The topological polar surface area (TPSA) is 66.2 Å². The Morgan fingerprint density at radius 1 is 1.31 bits per heavy atom. The number of hydrogen-bond donors (Lipinski definition) is 0. The second-order valence-electron chi connectivity index (χ2n) is 6.47. The van der Waals surface area contributed by atoms with Gasteiger partial charge < -0.3 is 9.47 Å². The summed E-state index contributed by atoms with van der Waals surface area (Å²) in [5.74, 6) is 0.801. The summed E-state index contributed by atoms with van der Waals surface area (Å²) in [5.41, 5.74) is 3.05. The highest BCUT2D eigenvalue weighted by Crippen LogP contribution is 2.33. The minimum Gasteiger partial charge on any atom is -0.490 e. The van der Waals surface area contributed by atoms with Crippen LogP contribution in [0.15, 0.2) is 18.3 Å². The molecule has 2 rings (SSSR count). The van der Waals surface area contributed by atoms with Crippen molar-refractivity contribution in [1.82, 2.24) is 15.0 Å². The van der Waals surface area contributed by atoms with Crippen LogP contribution in [0, 0.1) is 6.92 Å². The molecule has 0 bridgehead atoms. The summed E-state index contributed by atoms with van der Waals surface area (Å²) >= 11 is 0. The van der Waals surface area contributed by atoms with E-state index >= 15 is 0 Å². The normalized spacial score (nSPS) is 10.7. The number of hydrogen-bond acceptors (Lipinski definition) is 5. The van der Waals surface area contributed by atoms with Crippen LogP contribution in [0.2, 0.25) is 0 Å². The largest absolute Gasteiger partial charge is 0.490 e. The number of carbonyl (C=O) groups excluding carboxylic acids is 1. The first kappa shape index (κ1) is 20.0. The molecule has 0 saturated heterocycles. The standard InChI is InChI=1S/C19H28BN3O3/c1-4-5-8-23-13-17(21-22-23)7-6-9-25-18-11-16(12-20)10-14(2)19(18)26-15(3)24/h10-11,13H,4-9,12,20H2,1-3H3. The van der Waals surface area contributed by atoms with Gasteiger partial charge in [0.1, 0.15) is 7.85 Å². The Hall–Kier alpha value is -2.31. The zero-order chi connectivity index (χ0) is 18.9. The van der Waals surface area contributed by atoms with Crippen LogP contribution in [-0.2, 0) is 24.1 Å². The second kappa shape index (κ2) is 9.99. The van der Waals surface area contributed by atoms with Crippen molar-refractivity contribution >= 4 is 13.8 Å². The third kappa shape index (κ3) is 5.90. The summed E-state index contributed by atoms with van der Waals surface area (Å²) in [7, 11) is 2.09. The van der Waals surface area contributed by atoms with Crippen LogP contribution >= 0.6 is 0 Å². The minimum atomic E-state index is -0.342. The van der Waals surface area contributed by atoms with E-state index in [0.29, 0.717) is 18.1 Å². The lowest BCUT2D eigenvalue weighted by Crippen LogP contribution is -2.08. The first-order valence-electron chi connectivity index (χ1n) is 9.37. The van der Waals surface area contributed by atoms with Crippen molar-refractivity contribution in [3.05, 3.63) is 35.2 Å². The van der Waals surface area contributed by atoms with Crippen molar-refractivity contribution < 1.29 is 14.3 Å². The molecule has 0 aliphatic heterocycles. The summed E-state index contributed by atoms with van der Waals surface area (Å²) in [5, 5.41) is 8.34. The summed E-state index contributed by atoms with van der Waals surface area (Å²) in [4.78, 5) is 11.4. The first-order valence-corrected chi connectivity index (χ1v) is 9.37. The molecular weight excluding hydrogens is 329 g/mol. The third-order valence-electron chi connectivity index (χ3n) is 4.12. The molecule has 0 fully saturated rings. The smallest absolute Gasteiger partial charge is 0.308 e. The summed E-state index contributed by atoms with van der Waals surface area (Å²) in [6, 6.07) is 3.98. The summed E-state index contributed by atoms with van der Waals surface area (Å²) in [6.07, 6.45) is 6.78. The molecule has 26 heavy (non-hydrogen) atoms. The lowest BCUT2D eigenvalue weighted by atomic mass is 9.95. The number of esters is 1. The van der Waals surface area contributed by atoms with Gasteiger partial charge in [0, 0.05) is 19.7 Å². The fourth-order valence-corrected chi connectivity index (χ4v) is 2.72. The predicted molar refractivity (Wildman–Crippen MR) is 103 cm³/mol. The Bertz CT molecular complexity index is 731. The molecule has 0 radical (unpaired) electrons. The summed E-state index contributed by atoms with van der Waals surface area (Å²) in [6.45, 7) is 6.93. The van der Waals surface area contributed by atoms with Gasteiger partial charge in [-0.25, -0.2) is 0 Å². The SMILES string of the molecule is BCc1cc(C)c(OC(C)=O)c(OCCCc2cn(CCCC)nn2)c1. The van der Waals surface area contributed by atoms with E-state index in [1.54, 1.807) is 0 Å². The predicted octanol–water partition coefficient (Wildman–Crippen LogP) is 2.46. The number of carbonyl (C=O) groups is 1. The van der Waals surface area contributed by atoms with Crippen LogP contribution in [-0.4, -0.2) is 35.4 Å². The maximum absolute atomic E-state index is 11.4. The number of nitrogens with zero attached hydrogens (tertiary/aromatic N) is 3. The van der Waals surface area contributed by atoms with E-state index < -0.39 is 0 Å². The van der Waals surface area contributed by atoms with Crippen LogP contribution < -0.4 is 9.47 Å². The molecule has 0 atom stereocenters. The highest BCUT2D eigenvalue weighted by atomic mass is 16.6. The van der Waals surface area contributed by atoms with Crippen molar-refractivity contribution in [2.24, 2.45) is 0 Å². The molecule has 0 spiro atoms. The van der Waals surface area contributed by atoms with Gasteiger partial charge in [-0.1, -0.05) is 36.5 Å². The van der Waals surface area contributed by atoms with Gasteiger partial charge in [0.2, 0.25) is 0 Å². The molecule has 0 unspecified atom stereocenters. The molecule has 7 heteroatoms. The molecule has 1 aromatic heterocycles. The number of rotatable bonds is 10. The minimum absolute atomic E-state index is 0.342. The molecule has 2 aromatic rings. The Balaban J connectivity index is 1.92. The lowest BCUT2D eigenvalue weighted by molar-refractivity contribution is -0.132. The van der Waals surface area contributed by atoms with Crippen LogP contribution in [0.3, 0.4) is 0 Å². The number of ether oxygens (including phenoxy) is 2. The highest BCUT2D eigenvalue weighted by molar-refractivity contribution is 6.08. The molecule has 0 aliphatic rings. The Morgan fingerprint density at radius 3 is 2.81 bits per heavy atom. The molecule has 0 amide bonds. The molecule has 1 aromatic carbocycles. The average Bonchev–Trinajstić information content (AvgIpc) is 3.06. The average molecular weight is 357 g/mol. The lowest BCUT2D eigenvalue weighted by Gasteiger charge is -2.14. The Labute approximate surface area is 156 Å². The van der Waals surface area contributed by atoms with Crippen LogP contribution in [0.1, 0.15) is 49.9 Å². The van der Waals surface area contributed by atoms with E-state index in [0.717, 1.165) is 55.4 Å². The molecule has 1 heterocycles. The first-order chi connectivity index (χ1) is 12.5. The van der Waals surface area contributed by atoms with Crippen LogP contribution in [0.25, 0.3) is 0 Å². The Morgan fingerprint density at radius 2 is 2.12 bits per heavy atom. The van der Waals surface area contributed by atoms with E-state index in [9.17, 15) is 4.79 Å². The van der Waals surface area contributed by atoms with Gasteiger partial charge in [0.15, 0.2) is 11.5 Å². The zero-order valence-corrected chi connectivity index (χ0v) is 16.2. The molecule has 0 saturated carbocycles. The number of aryl methyl sites for hydroxylation is 3. The van der Waals surface area contributed by atoms with Gasteiger partial charge >= 0.3 is 5.97 Å². The van der Waals surface area contributed by atoms with Gasteiger partial charge in [-0.05, 0) is 37.8 Å². The van der Waals surface area contributed by atoms with Crippen molar-refractivity contribution in [2.45, 2.75) is 59.3 Å². The molecule has 6 nitrogen and oxygen atoms in total. The van der Waals surface area contributed by atoms with Crippen molar-refractivity contribution in [3.8, 4) is 11.5 Å². The van der Waals surface area contributed by atoms with Gasteiger partial charge in [-0.15, -0.1) is 5.10 Å². The van der Waals surface area contributed by atoms with Gasteiger partial charge in [-0.3, -0.25) is 9.48 Å². The van der Waals surface area contributed by atoms with E-state index in [1.165, 1.54) is 6.92 Å². The van der Waals surface area contributed by atoms with Crippen molar-refractivity contribution in [3.63, 3.8) is 0 Å². The third-order valence-corrected chi connectivity index (χ3v) is 4.12. The van der Waals surface area contributed by atoms with Crippen molar-refractivity contribution in [2.75, 3.05) is 6.61 Å². The fraction of sp³-hybridized carbons (Fsp3) is 0.526. The molecule has 0 N–H and O–H groups in total. The second-order valence-corrected chi connectivity index (χ2v) is 6.47. The maximum atomic E-state index is 11.4. The molecule has 0 aliphatic carbocycles. The maximum Gasteiger partial charge on any atom is 0.308 e. The Kier molecular flexibility index (Phi) is 7.69.